The quantitative estimate of drug-likeness (QED) is 0.691. The molecule has 0 radical (unpaired) electrons. The minimum atomic E-state index is -3.64. The molecule has 0 spiro atoms. The van der Waals surface area contributed by atoms with Crippen LogP contribution in [-0.2, 0) is 10.0 Å². The Hall–Kier alpha value is -2.65. The zero-order chi connectivity index (χ0) is 18.1. The van der Waals surface area contributed by atoms with Gasteiger partial charge in [-0.2, -0.15) is 4.31 Å². The molecule has 0 amide bonds. The van der Waals surface area contributed by atoms with Gasteiger partial charge in [0.2, 0.25) is 15.8 Å². The number of hydrogen-bond acceptors (Lipinski definition) is 7. The summed E-state index contributed by atoms with van der Waals surface area (Å²) in [7, 11) is -3.64. The van der Waals surface area contributed by atoms with Crippen molar-refractivity contribution in [2.45, 2.75) is 11.8 Å². The lowest BCUT2D eigenvalue weighted by Crippen LogP contribution is -2.48. The van der Waals surface area contributed by atoms with Crippen LogP contribution >= 0.6 is 0 Å². The Morgan fingerprint density at radius 3 is 2.50 bits per heavy atom. The maximum absolute atomic E-state index is 13.0. The summed E-state index contributed by atoms with van der Waals surface area (Å²) >= 11 is 0. The van der Waals surface area contributed by atoms with E-state index in [1.807, 2.05) is 18.2 Å². The molecule has 1 aliphatic heterocycles. The van der Waals surface area contributed by atoms with Crippen molar-refractivity contribution in [2.24, 2.45) is 0 Å². The third kappa shape index (κ3) is 2.99. The summed E-state index contributed by atoms with van der Waals surface area (Å²) in [6.45, 7) is 3.59. The Labute approximate surface area is 151 Å². The molecule has 3 aromatic rings. The molecule has 0 aromatic carbocycles. The normalized spacial score (nSPS) is 16.1. The van der Waals surface area contributed by atoms with Gasteiger partial charge in [0, 0.05) is 44.5 Å². The van der Waals surface area contributed by atoms with Gasteiger partial charge in [0.05, 0.1) is 6.20 Å². The van der Waals surface area contributed by atoms with Gasteiger partial charge in [0.25, 0.3) is 0 Å². The molecule has 26 heavy (non-hydrogen) atoms. The molecule has 9 heteroatoms. The average Bonchev–Trinajstić information content (AvgIpc) is 3.32. The predicted octanol–water partition coefficient (Wildman–Crippen LogP) is 2.15. The van der Waals surface area contributed by atoms with Crippen LogP contribution in [0.2, 0.25) is 0 Å². The topological polar surface area (TPSA) is 92.7 Å². The van der Waals surface area contributed by atoms with Gasteiger partial charge in [-0.3, -0.25) is 0 Å². The lowest BCUT2D eigenvalue weighted by Gasteiger charge is -2.34. The highest BCUT2D eigenvalue weighted by Crippen LogP contribution is 2.30. The molecule has 1 aliphatic rings. The van der Waals surface area contributed by atoms with Crippen LogP contribution in [0.25, 0.3) is 11.5 Å². The second kappa shape index (κ2) is 6.58. The fraction of sp³-hybridized carbons (Fsp3) is 0.294. The first-order valence-electron chi connectivity index (χ1n) is 8.23. The monoisotopic (exact) mass is 374 g/mol. The maximum atomic E-state index is 13.0. The van der Waals surface area contributed by atoms with Crippen LogP contribution in [0.4, 0.5) is 5.82 Å². The minimum absolute atomic E-state index is 0.162. The molecule has 0 saturated carbocycles. The number of piperazine rings is 1. The van der Waals surface area contributed by atoms with Crippen LogP contribution in [0.5, 0.6) is 0 Å². The minimum Gasteiger partial charge on any atom is -0.457 e. The molecule has 0 bridgehead atoms. The first kappa shape index (κ1) is 16.8. The van der Waals surface area contributed by atoms with Gasteiger partial charge in [-0.05, 0) is 19.1 Å². The predicted molar refractivity (Wildman–Crippen MR) is 94.2 cm³/mol. The van der Waals surface area contributed by atoms with Crippen LogP contribution < -0.4 is 4.90 Å². The number of nitrogens with zero attached hydrogens (tertiary/aromatic N) is 4. The van der Waals surface area contributed by atoms with Crippen molar-refractivity contribution in [1.29, 1.82) is 0 Å². The highest BCUT2D eigenvalue weighted by atomic mass is 32.2. The van der Waals surface area contributed by atoms with E-state index in [1.165, 1.54) is 16.6 Å². The summed E-state index contributed by atoms with van der Waals surface area (Å²) in [4.78, 5) is 6.56. The number of pyridine rings is 1. The Morgan fingerprint density at radius 1 is 1.04 bits per heavy atom. The van der Waals surface area contributed by atoms with Crippen molar-refractivity contribution < 1.29 is 17.4 Å². The molecule has 4 rings (SSSR count). The standard InChI is InChI=1S/C17H18N4O4S/c1-13-16(12-15(24-13)14-5-7-19-25-14)26(22,23)21-10-8-20(9-11-21)17-4-2-3-6-18-17/h2-7,12H,8-11H2,1H3. The number of aryl methyl sites for hydroxylation is 1. The van der Waals surface area contributed by atoms with E-state index in [0.717, 1.165) is 5.82 Å². The van der Waals surface area contributed by atoms with Crippen LogP contribution in [0.15, 0.2) is 56.6 Å². The fourth-order valence-electron chi connectivity index (χ4n) is 3.02. The summed E-state index contributed by atoms with van der Waals surface area (Å²) in [5.41, 5.74) is 0. The first-order chi connectivity index (χ1) is 12.6. The van der Waals surface area contributed by atoms with Crippen LogP contribution in [0, 0.1) is 6.92 Å². The number of aromatic nitrogens is 2. The summed E-state index contributed by atoms with van der Waals surface area (Å²) in [6.07, 6.45) is 3.22. The first-order valence-corrected chi connectivity index (χ1v) is 9.67. The van der Waals surface area contributed by atoms with E-state index in [4.69, 9.17) is 8.94 Å². The summed E-state index contributed by atoms with van der Waals surface area (Å²) in [5.74, 6) is 1.94. The molecular formula is C17H18N4O4S. The zero-order valence-electron chi connectivity index (χ0n) is 14.2. The van der Waals surface area contributed by atoms with Gasteiger partial charge in [0.1, 0.15) is 16.5 Å². The second-order valence-corrected chi connectivity index (χ2v) is 7.89. The van der Waals surface area contributed by atoms with Crippen molar-refractivity contribution in [1.82, 2.24) is 14.4 Å². The summed E-state index contributed by atoms with van der Waals surface area (Å²) < 4.78 is 38.1. The van der Waals surface area contributed by atoms with E-state index in [9.17, 15) is 8.42 Å². The highest BCUT2D eigenvalue weighted by molar-refractivity contribution is 7.89. The average molecular weight is 374 g/mol. The number of hydrogen-bond donors (Lipinski definition) is 0. The SMILES string of the molecule is Cc1oc(-c2ccno2)cc1S(=O)(=O)N1CCN(c2ccccn2)CC1. The van der Waals surface area contributed by atoms with Crippen molar-refractivity contribution in [3.05, 3.63) is 48.5 Å². The van der Waals surface area contributed by atoms with Gasteiger partial charge < -0.3 is 13.8 Å². The molecule has 1 fully saturated rings. The van der Waals surface area contributed by atoms with Gasteiger partial charge >= 0.3 is 0 Å². The molecule has 136 valence electrons. The largest absolute Gasteiger partial charge is 0.457 e. The third-order valence-corrected chi connectivity index (χ3v) is 6.39. The van der Waals surface area contributed by atoms with E-state index in [2.05, 4.69) is 15.0 Å². The van der Waals surface area contributed by atoms with Gasteiger partial charge in [-0.15, -0.1) is 0 Å². The molecule has 0 N–H and O–H groups in total. The van der Waals surface area contributed by atoms with Crippen molar-refractivity contribution >= 4 is 15.8 Å². The number of sulfonamides is 1. The smallest absolute Gasteiger partial charge is 0.246 e. The van der Waals surface area contributed by atoms with E-state index in [0.29, 0.717) is 43.5 Å². The van der Waals surface area contributed by atoms with Crippen molar-refractivity contribution in [3.63, 3.8) is 0 Å². The Bertz CT molecular complexity index is 975. The van der Waals surface area contributed by atoms with Gasteiger partial charge in [-0.25, -0.2) is 13.4 Å². The molecule has 8 nitrogen and oxygen atoms in total. The third-order valence-electron chi connectivity index (χ3n) is 4.38. The highest BCUT2D eigenvalue weighted by Gasteiger charge is 2.32. The van der Waals surface area contributed by atoms with Crippen LogP contribution in [0.1, 0.15) is 5.76 Å². The summed E-state index contributed by atoms with van der Waals surface area (Å²) in [6, 6.07) is 8.83. The van der Waals surface area contributed by atoms with E-state index >= 15 is 0 Å². The fourth-order valence-corrected chi connectivity index (χ4v) is 4.61. The maximum Gasteiger partial charge on any atom is 0.246 e. The number of anilines is 1. The Morgan fingerprint density at radius 2 is 1.85 bits per heavy atom. The van der Waals surface area contributed by atoms with E-state index in [1.54, 1.807) is 19.2 Å². The lowest BCUT2D eigenvalue weighted by molar-refractivity contribution is 0.382. The molecule has 0 aliphatic carbocycles. The molecule has 4 heterocycles. The van der Waals surface area contributed by atoms with E-state index < -0.39 is 10.0 Å². The molecular weight excluding hydrogens is 356 g/mol. The van der Waals surface area contributed by atoms with Gasteiger partial charge in [-0.1, -0.05) is 11.2 Å². The molecule has 0 unspecified atom stereocenters. The van der Waals surface area contributed by atoms with Crippen LogP contribution in [0.3, 0.4) is 0 Å². The second-order valence-electron chi connectivity index (χ2n) is 5.99. The van der Waals surface area contributed by atoms with E-state index in [-0.39, 0.29) is 4.90 Å². The van der Waals surface area contributed by atoms with Crippen molar-refractivity contribution in [2.75, 3.05) is 31.1 Å². The van der Waals surface area contributed by atoms with Crippen molar-refractivity contribution in [3.8, 4) is 11.5 Å². The number of rotatable bonds is 4. The molecule has 1 saturated heterocycles. The number of furan rings is 1. The zero-order valence-corrected chi connectivity index (χ0v) is 15.0. The Balaban J connectivity index is 1.53. The Kier molecular flexibility index (Phi) is 4.25. The van der Waals surface area contributed by atoms with Gasteiger partial charge in [0.15, 0.2) is 5.76 Å². The molecule has 0 atom stereocenters. The van der Waals surface area contributed by atoms with Crippen LogP contribution in [-0.4, -0.2) is 49.0 Å². The molecule has 3 aromatic heterocycles. The summed E-state index contributed by atoms with van der Waals surface area (Å²) in [5, 5.41) is 3.62. The lowest BCUT2D eigenvalue weighted by atomic mass is 10.3.